The van der Waals surface area contributed by atoms with Crippen LogP contribution in [-0.2, 0) is 9.84 Å². The van der Waals surface area contributed by atoms with Gasteiger partial charge in [0.1, 0.15) is 5.25 Å². The Morgan fingerprint density at radius 1 is 1.00 bits per heavy atom. The van der Waals surface area contributed by atoms with Crippen LogP contribution in [0.3, 0.4) is 0 Å². The molecule has 120 valence electrons. The van der Waals surface area contributed by atoms with Crippen molar-refractivity contribution in [3.63, 3.8) is 0 Å². The van der Waals surface area contributed by atoms with Crippen molar-refractivity contribution >= 4 is 37.4 Å². The second kappa shape index (κ2) is 5.89. The third kappa shape index (κ3) is 2.52. The molecule has 24 heavy (non-hydrogen) atoms. The van der Waals surface area contributed by atoms with E-state index in [1.165, 1.54) is 24.3 Å². The maximum absolute atomic E-state index is 12.9. The zero-order valence-corrected chi connectivity index (χ0v) is 15.3. The van der Waals surface area contributed by atoms with Gasteiger partial charge in [-0.25, -0.2) is 8.42 Å². The molecule has 0 heterocycles. The number of hydrogen-bond acceptors (Lipinski definition) is 4. The van der Waals surface area contributed by atoms with E-state index < -0.39 is 26.4 Å². The average molecular weight is 422 g/mol. The molecule has 0 N–H and O–H groups in total. The molecule has 0 amide bonds. The van der Waals surface area contributed by atoms with Crippen LogP contribution in [0.4, 0.5) is 0 Å². The molecule has 7 heteroatoms. The van der Waals surface area contributed by atoms with E-state index in [0.29, 0.717) is 10.6 Å². The van der Waals surface area contributed by atoms with Gasteiger partial charge in [-0.05, 0) is 42.0 Å². The van der Waals surface area contributed by atoms with Gasteiger partial charge in [0.2, 0.25) is 0 Å². The van der Waals surface area contributed by atoms with Crippen LogP contribution in [0.25, 0.3) is 0 Å². The van der Waals surface area contributed by atoms with E-state index in [0.717, 1.165) is 4.47 Å². The molecule has 3 rings (SSSR count). The quantitative estimate of drug-likeness (QED) is 0.748. The predicted octanol–water partition coefficient (Wildman–Crippen LogP) is 4.08. The molecular formula is C17H10BrClN2O2S. The van der Waals surface area contributed by atoms with Crippen LogP contribution in [0.2, 0.25) is 5.02 Å². The average Bonchev–Trinajstić information content (AvgIpc) is 3.26. The van der Waals surface area contributed by atoms with Crippen molar-refractivity contribution in [1.82, 2.24) is 0 Å². The number of nitriles is 2. The highest BCUT2D eigenvalue weighted by molar-refractivity contribution is 9.10. The number of sulfone groups is 1. The van der Waals surface area contributed by atoms with E-state index in [1.54, 1.807) is 24.3 Å². The Hall–Kier alpha value is -1.86. The van der Waals surface area contributed by atoms with E-state index >= 15 is 0 Å². The largest absolute Gasteiger partial charge is 0.223 e. The Kier molecular flexibility index (Phi) is 4.17. The molecule has 1 saturated carbocycles. The van der Waals surface area contributed by atoms with Crippen molar-refractivity contribution in [3.05, 3.63) is 63.6 Å². The number of rotatable bonds is 3. The van der Waals surface area contributed by atoms with Crippen molar-refractivity contribution in [3.8, 4) is 12.1 Å². The summed E-state index contributed by atoms with van der Waals surface area (Å²) in [5.74, 6) is -0.679. The van der Waals surface area contributed by atoms with E-state index in [9.17, 15) is 18.9 Å². The van der Waals surface area contributed by atoms with Crippen molar-refractivity contribution < 1.29 is 8.42 Å². The number of benzene rings is 2. The molecular weight excluding hydrogens is 412 g/mol. The number of halogens is 2. The highest BCUT2D eigenvalue weighted by Crippen LogP contribution is 2.63. The molecule has 2 aromatic rings. The molecule has 2 aromatic carbocycles. The molecule has 1 aliphatic rings. The van der Waals surface area contributed by atoms with Gasteiger partial charge < -0.3 is 0 Å². The minimum absolute atomic E-state index is 0.0615. The van der Waals surface area contributed by atoms with Crippen LogP contribution in [0.1, 0.15) is 11.5 Å². The molecule has 0 bridgehead atoms. The summed E-state index contributed by atoms with van der Waals surface area (Å²) in [6, 6.07) is 16.6. The lowest BCUT2D eigenvalue weighted by atomic mass is 10.0. The molecule has 1 fully saturated rings. The summed E-state index contributed by atoms with van der Waals surface area (Å²) in [5, 5.41) is 18.3. The third-order valence-corrected chi connectivity index (χ3v) is 7.23. The lowest BCUT2D eigenvalue weighted by Crippen LogP contribution is -2.14. The lowest BCUT2D eigenvalue weighted by molar-refractivity contribution is 0.591. The fourth-order valence-corrected chi connectivity index (χ4v) is 5.54. The molecule has 0 unspecified atom stereocenters. The zero-order chi connectivity index (χ0) is 17.5. The monoisotopic (exact) mass is 420 g/mol. The van der Waals surface area contributed by atoms with Gasteiger partial charge in [0.25, 0.3) is 0 Å². The summed E-state index contributed by atoms with van der Waals surface area (Å²) < 4.78 is 26.7. The molecule has 0 aromatic heterocycles. The maximum Gasteiger partial charge on any atom is 0.184 e. The van der Waals surface area contributed by atoms with Gasteiger partial charge in [-0.1, -0.05) is 39.7 Å². The fraction of sp³-hybridized carbons (Fsp3) is 0.176. The Balaban J connectivity index is 2.09. The Labute approximate surface area is 153 Å². The molecule has 2 atom stereocenters. The second-order valence-electron chi connectivity index (χ2n) is 5.54. The Morgan fingerprint density at radius 3 is 2.04 bits per heavy atom. The summed E-state index contributed by atoms with van der Waals surface area (Å²) in [7, 11) is -3.84. The minimum atomic E-state index is -3.84. The molecule has 4 nitrogen and oxygen atoms in total. The maximum atomic E-state index is 12.9. The van der Waals surface area contributed by atoms with Gasteiger partial charge in [-0.2, -0.15) is 10.5 Å². The van der Waals surface area contributed by atoms with Crippen LogP contribution in [0, 0.1) is 28.1 Å². The number of nitrogens with zero attached hydrogens (tertiary/aromatic N) is 2. The smallest absolute Gasteiger partial charge is 0.184 e. The predicted molar refractivity (Wildman–Crippen MR) is 93.0 cm³/mol. The van der Waals surface area contributed by atoms with Gasteiger partial charge in [0.05, 0.1) is 17.0 Å². The molecule has 0 saturated heterocycles. The molecule has 1 aliphatic carbocycles. The summed E-state index contributed by atoms with van der Waals surface area (Å²) >= 11 is 9.12. The van der Waals surface area contributed by atoms with Crippen LogP contribution >= 0.6 is 27.5 Å². The van der Waals surface area contributed by atoms with E-state index in [-0.39, 0.29) is 4.90 Å². The summed E-state index contributed by atoms with van der Waals surface area (Å²) in [6.07, 6.45) is 0. The van der Waals surface area contributed by atoms with E-state index in [2.05, 4.69) is 15.9 Å². The first-order valence-corrected chi connectivity index (χ1v) is 9.66. The van der Waals surface area contributed by atoms with Crippen molar-refractivity contribution in [2.45, 2.75) is 16.1 Å². The topological polar surface area (TPSA) is 81.7 Å². The standard InChI is InChI=1S/C17H10BrClN2O2S/c18-12-3-1-11(2-4-12)15-16(17(15,9-20)10-21)24(22,23)14-7-5-13(19)6-8-14/h1-8,15-16H/t15-,16-/m1/s1. The Morgan fingerprint density at radius 2 is 1.54 bits per heavy atom. The number of hydrogen-bond donors (Lipinski definition) is 0. The van der Waals surface area contributed by atoms with Crippen LogP contribution in [-0.4, -0.2) is 13.7 Å². The van der Waals surface area contributed by atoms with Gasteiger partial charge in [0.15, 0.2) is 15.3 Å². The zero-order valence-electron chi connectivity index (χ0n) is 12.1. The van der Waals surface area contributed by atoms with Crippen LogP contribution in [0.5, 0.6) is 0 Å². The van der Waals surface area contributed by atoms with E-state index in [1.807, 2.05) is 12.1 Å². The van der Waals surface area contributed by atoms with Crippen LogP contribution in [0.15, 0.2) is 57.9 Å². The summed E-state index contributed by atoms with van der Waals surface area (Å²) in [6.45, 7) is 0. The first-order valence-electron chi connectivity index (χ1n) is 6.94. The lowest BCUT2D eigenvalue weighted by Gasteiger charge is -2.04. The van der Waals surface area contributed by atoms with Gasteiger partial charge in [-0.15, -0.1) is 0 Å². The Bertz CT molecular complexity index is 959. The van der Waals surface area contributed by atoms with Gasteiger partial charge >= 0.3 is 0 Å². The van der Waals surface area contributed by atoms with Crippen molar-refractivity contribution in [2.75, 3.05) is 0 Å². The summed E-state index contributed by atoms with van der Waals surface area (Å²) in [4.78, 5) is 0.0615. The SMILES string of the molecule is N#CC1(C#N)[C@H](c2ccc(Br)cc2)[C@H]1S(=O)(=O)c1ccc(Cl)cc1. The summed E-state index contributed by atoms with van der Waals surface area (Å²) in [5.41, 5.74) is -0.921. The van der Waals surface area contributed by atoms with Gasteiger partial charge in [0, 0.05) is 15.4 Å². The third-order valence-electron chi connectivity index (χ3n) is 4.21. The minimum Gasteiger partial charge on any atom is -0.223 e. The van der Waals surface area contributed by atoms with E-state index in [4.69, 9.17) is 11.6 Å². The first kappa shape index (κ1) is 17.0. The van der Waals surface area contributed by atoms with Crippen molar-refractivity contribution in [1.29, 1.82) is 10.5 Å². The molecule has 0 aliphatic heterocycles. The molecule has 0 radical (unpaired) electrons. The normalized spacial score (nSPS) is 21.5. The van der Waals surface area contributed by atoms with Crippen molar-refractivity contribution in [2.24, 2.45) is 5.41 Å². The second-order valence-corrected chi connectivity index (χ2v) is 8.96. The highest BCUT2D eigenvalue weighted by Gasteiger charge is 2.73. The fourth-order valence-electron chi connectivity index (χ4n) is 2.95. The highest BCUT2D eigenvalue weighted by atomic mass is 79.9. The van der Waals surface area contributed by atoms with Crippen LogP contribution < -0.4 is 0 Å². The first-order chi connectivity index (χ1) is 11.4. The van der Waals surface area contributed by atoms with Gasteiger partial charge in [-0.3, -0.25) is 0 Å². The molecule has 0 spiro atoms.